The molecular formula is C17H18ClN5O. The average Bonchev–Trinajstić information content (AvgIpc) is 3.12. The van der Waals surface area contributed by atoms with Crippen LogP contribution in [0.25, 0.3) is 10.9 Å². The number of hydrogen-bond donors (Lipinski definition) is 3. The Labute approximate surface area is 144 Å². The lowest BCUT2D eigenvalue weighted by Crippen LogP contribution is -2.18. The van der Waals surface area contributed by atoms with Crippen LogP contribution in [0.15, 0.2) is 35.4 Å². The monoisotopic (exact) mass is 343 g/mol. The van der Waals surface area contributed by atoms with Gasteiger partial charge in [-0.3, -0.25) is 9.89 Å². The van der Waals surface area contributed by atoms with E-state index in [0.717, 1.165) is 22.2 Å². The maximum atomic E-state index is 12.1. The van der Waals surface area contributed by atoms with Crippen molar-refractivity contribution in [3.63, 3.8) is 0 Å². The van der Waals surface area contributed by atoms with E-state index in [2.05, 4.69) is 25.7 Å². The summed E-state index contributed by atoms with van der Waals surface area (Å²) >= 11 is 6.18. The summed E-state index contributed by atoms with van der Waals surface area (Å²) in [5, 5.41) is 12.3. The lowest BCUT2D eigenvalue weighted by atomic mass is 9.92. The average molecular weight is 344 g/mol. The van der Waals surface area contributed by atoms with Crippen molar-refractivity contribution in [2.45, 2.75) is 26.2 Å². The molecule has 0 fully saturated rings. The highest BCUT2D eigenvalue weighted by Crippen LogP contribution is 2.24. The molecule has 0 aliphatic heterocycles. The Bertz CT molecular complexity index is 917. The van der Waals surface area contributed by atoms with Gasteiger partial charge in [0.25, 0.3) is 5.91 Å². The van der Waals surface area contributed by atoms with Gasteiger partial charge in [0.2, 0.25) is 0 Å². The van der Waals surface area contributed by atoms with Gasteiger partial charge in [-0.1, -0.05) is 50.6 Å². The number of hydrogen-bond acceptors (Lipinski definition) is 3. The number of para-hydroxylation sites is 1. The van der Waals surface area contributed by atoms with Crippen LogP contribution < -0.4 is 5.43 Å². The molecule has 0 spiro atoms. The van der Waals surface area contributed by atoms with Crippen molar-refractivity contribution in [1.82, 2.24) is 20.6 Å². The smallest absolute Gasteiger partial charge is 0.291 e. The van der Waals surface area contributed by atoms with E-state index in [4.69, 9.17) is 11.6 Å². The Morgan fingerprint density at radius 3 is 2.79 bits per heavy atom. The molecule has 0 aliphatic rings. The zero-order valence-electron chi connectivity index (χ0n) is 13.6. The van der Waals surface area contributed by atoms with Gasteiger partial charge in [-0.25, -0.2) is 5.43 Å². The summed E-state index contributed by atoms with van der Waals surface area (Å²) in [6.07, 6.45) is 1.52. The second-order valence-electron chi connectivity index (χ2n) is 6.51. The molecule has 0 saturated carbocycles. The van der Waals surface area contributed by atoms with E-state index in [-0.39, 0.29) is 11.3 Å². The van der Waals surface area contributed by atoms with Gasteiger partial charge in [0.1, 0.15) is 5.15 Å². The summed E-state index contributed by atoms with van der Waals surface area (Å²) in [4.78, 5) is 15.2. The number of benzene rings is 1. The molecule has 124 valence electrons. The number of nitrogens with zero attached hydrogens (tertiary/aromatic N) is 2. The van der Waals surface area contributed by atoms with Crippen LogP contribution >= 0.6 is 11.6 Å². The standard InChI is InChI=1S/C17H18ClN5O/c1-17(2,3)14-8-13(21-22-14)16(24)23-19-9-11-10-6-4-5-7-12(10)20-15(11)18/h4-9,20H,1-3H3,(H,21,22)(H,23,24)/b19-9-. The van der Waals surface area contributed by atoms with Crippen LogP contribution in [0.5, 0.6) is 0 Å². The first-order valence-electron chi connectivity index (χ1n) is 7.52. The van der Waals surface area contributed by atoms with Crippen molar-refractivity contribution >= 4 is 34.6 Å². The molecule has 3 aromatic rings. The predicted octanol–water partition coefficient (Wildman–Crippen LogP) is 3.61. The number of rotatable bonds is 3. The number of fused-ring (bicyclic) bond motifs is 1. The van der Waals surface area contributed by atoms with Crippen molar-refractivity contribution in [3.8, 4) is 0 Å². The van der Waals surface area contributed by atoms with Crippen LogP contribution in [-0.4, -0.2) is 27.3 Å². The number of halogens is 1. The molecule has 0 aliphatic carbocycles. The van der Waals surface area contributed by atoms with Gasteiger partial charge in [-0.2, -0.15) is 10.2 Å². The third kappa shape index (κ3) is 3.19. The molecule has 0 atom stereocenters. The minimum atomic E-state index is -0.381. The molecule has 0 saturated heterocycles. The molecule has 0 unspecified atom stereocenters. The van der Waals surface area contributed by atoms with E-state index in [1.165, 1.54) is 6.21 Å². The zero-order chi connectivity index (χ0) is 17.3. The number of carbonyl (C=O) groups is 1. The molecule has 3 N–H and O–H groups in total. The fourth-order valence-electron chi connectivity index (χ4n) is 2.29. The molecule has 2 heterocycles. The van der Waals surface area contributed by atoms with Crippen molar-refractivity contribution in [1.29, 1.82) is 0 Å². The molecule has 7 heteroatoms. The maximum absolute atomic E-state index is 12.1. The number of carbonyl (C=O) groups excluding carboxylic acids is 1. The van der Waals surface area contributed by atoms with Crippen LogP contribution in [0.1, 0.15) is 42.5 Å². The number of aromatic nitrogens is 3. The summed E-state index contributed by atoms with van der Waals surface area (Å²) in [5.74, 6) is -0.381. The quantitative estimate of drug-likeness (QED) is 0.501. The van der Waals surface area contributed by atoms with E-state index in [9.17, 15) is 4.79 Å². The topological polar surface area (TPSA) is 85.9 Å². The number of hydrazone groups is 1. The van der Waals surface area contributed by atoms with Gasteiger partial charge in [0, 0.05) is 27.6 Å². The van der Waals surface area contributed by atoms with Crippen LogP contribution in [-0.2, 0) is 5.41 Å². The number of aromatic amines is 2. The largest absolute Gasteiger partial charge is 0.345 e. The van der Waals surface area contributed by atoms with Crippen molar-refractivity contribution in [2.75, 3.05) is 0 Å². The minimum Gasteiger partial charge on any atom is -0.345 e. The van der Waals surface area contributed by atoms with Gasteiger partial charge in [0.05, 0.1) is 6.21 Å². The highest BCUT2D eigenvalue weighted by atomic mass is 35.5. The number of nitrogens with one attached hydrogen (secondary N) is 3. The Balaban J connectivity index is 1.75. The fraction of sp³-hybridized carbons (Fsp3) is 0.235. The van der Waals surface area contributed by atoms with Gasteiger partial charge in [-0.05, 0) is 12.1 Å². The Hall–Kier alpha value is -2.60. The normalized spacial score (nSPS) is 12.2. The third-order valence-corrected chi connectivity index (χ3v) is 3.97. The molecule has 3 rings (SSSR count). The molecule has 0 radical (unpaired) electrons. The van der Waals surface area contributed by atoms with Gasteiger partial charge >= 0.3 is 0 Å². The number of H-pyrrole nitrogens is 2. The Morgan fingerprint density at radius 1 is 1.33 bits per heavy atom. The van der Waals surface area contributed by atoms with Crippen molar-refractivity contribution < 1.29 is 4.79 Å². The molecular weight excluding hydrogens is 326 g/mol. The summed E-state index contributed by atoms with van der Waals surface area (Å²) in [6.45, 7) is 6.12. The lowest BCUT2D eigenvalue weighted by Gasteiger charge is -2.14. The molecule has 2 aromatic heterocycles. The van der Waals surface area contributed by atoms with Gasteiger partial charge < -0.3 is 4.98 Å². The summed E-state index contributed by atoms with van der Waals surface area (Å²) in [5.41, 5.74) is 5.18. The van der Waals surface area contributed by atoms with E-state index in [0.29, 0.717) is 10.8 Å². The molecule has 1 aromatic carbocycles. The minimum absolute atomic E-state index is 0.105. The highest BCUT2D eigenvalue weighted by molar-refractivity contribution is 6.34. The zero-order valence-corrected chi connectivity index (χ0v) is 14.4. The second kappa shape index (κ2) is 6.13. The van der Waals surface area contributed by atoms with E-state index >= 15 is 0 Å². The number of amides is 1. The predicted molar refractivity (Wildman–Crippen MR) is 95.7 cm³/mol. The summed E-state index contributed by atoms with van der Waals surface area (Å²) in [7, 11) is 0. The molecule has 24 heavy (non-hydrogen) atoms. The third-order valence-electron chi connectivity index (χ3n) is 3.68. The first-order chi connectivity index (χ1) is 11.4. The molecule has 6 nitrogen and oxygen atoms in total. The van der Waals surface area contributed by atoms with Gasteiger partial charge in [-0.15, -0.1) is 0 Å². The first-order valence-corrected chi connectivity index (χ1v) is 7.89. The van der Waals surface area contributed by atoms with E-state index < -0.39 is 0 Å². The van der Waals surface area contributed by atoms with E-state index in [1.54, 1.807) is 6.07 Å². The first kappa shape index (κ1) is 16.3. The Morgan fingerprint density at radius 2 is 2.08 bits per heavy atom. The van der Waals surface area contributed by atoms with Crippen LogP contribution in [0, 0.1) is 0 Å². The highest BCUT2D eigenvalue weighted by Gasteiger charge is 2.19. The molecule has 0 bridgehead atoms. The summed E-state index contributed by atoms with van der Waals surface area (Å²) < 4.78 is 0. The molecule has 1 amide bonds. The van der Waals surface area contributed by atoms with Crippen molar-refractivity contribution in [3.05, 3.63) is 52.4 Å². The Kier molecular flexibility index (Phi) is 4.15. The van der Waals surface area contributed by atoms with Crippen molar-refractivity contribution in [2.24, 2.45) is 5.10 Å². The van der Waals surface area contributed by atoms with Gasteiger partial charge in [0.15, 0.2) is 5.69 Å². The van der Waals surface area contributed by atoms with Crippen LogP contribution in [0.4, 0.5) is 0 Å². The lowest BCUT2D eigenvalue weighted by molar-refractivity contribution is 0.0950. The second-order valence-corrected chi connectivity index (χ2v) is 6.89. The maximum Gasteiger partial charge on any atom is 0.291 e. The van der Waals surface area contributed by atoms with Crippen LogP contribution in [0.3, 0.4) is 0 Å². The summed E-state index contributed by atoms with van der Waals surface area (Å²) in [6, 6.07) is 9.42. The SMILES string of the molecule is CC(C)(C)c1cc(C(=O)N/N=C\c2c(Cl)[nH]c3ccccc23)n[nH]1. The van der Waals surface area contributed by atoms with E-state index in [1.807, 2.05) is 45.0 Å². The fourth-order valence-corrected chi connectivity index (χ4v) is 2.54. The van der Waals surface area contributed by atoms with Crippen LogP contribution in [0.2, 0.25) is 5.15 Å².